The number of fused-ring (bicyclic) bond motifs is 2. The summed E-state index contributed by atoms with van der Waals surface area (Å²) in [5.74, 6) is 1.28. The van der Waals surface area contributed by atoms with Gasteiger partial charge in [-0.1, -0.05) is 6.07 Å². The first kappa shape index (κ1) is 16.2. The number of aromatic amines is 1. The summed E-state index contributed by atoms with van der Waals surface area (Å²) in [5, 5.41) is 5.32. The van der Waals surface area contributed by atoms with Gasteiger partial charge >= 0.3 is 0 Å². The van der Waals surface area contributed by atoms with Crippen LogP contribution in [0.25, 0.3) is 33.1 Å². The molecule has 0 bridgehead atoms. The molecule has 0 saturated heterocycles. The van der Waals surface area contributed by atoms with E-state index < -0.39 is 0 Å². The summed E-state index contributed by atoms with van der Waals surface area (Å²) in [6.45, 7) is 0. The minimum Gasteiger partial charge on any atom is -0.481 e. The van der Waals surface area contributed by atoms with Crippen LogP contribution in [-0.2, 0) is 0 Å². The summed E-state index contributed by atoms with van der Waals surface area (Å²) in [5.41, 5.74) is 4.70. The second-order valence-electron chi connectivity index (χ2n) is 6.27. The van der Waals surface area contributed by atoms with E-state index in [2.05, 4.69) is 48.4 Å². The van der Waals surface area contributed by atoms with Crippen LogP contribution in [0.15, 0.2) is 67.4 Å². The zero-order valence-electron chi connectivity index (χ0n) is 15.0. The van der Waals surface area contributed by atoms with Crippen molar-refractivity contribution in [2.24, 2.45) is 0 Å². The first-order valence-electron chi connectivity index (χ1n) is 8.76. The molecule has 0 saturated carbocycles. The number of H-pyrrole nitrogens is 1. The highest BCUT2D eigenvalue weighted by Gasteiger charge is 2.10. The van der Waals surface area contributed by atoms with Crippen LogP contribution in [-0.4, -0.2) is 32.0 Å². The van der Waals surface area contributed by atoms with Crippen molar-refractivity contribution in [2.45, 2.75) is 0 Å². The van der Waals surface area contributed by atoms with Crippen LogP contribution in [0.3, 0.4) is 0 Å². The first-order valence-corrected chi connectivity index (χ1v) is 8.76. The van der Waals surface area contributed by atoms with Gasteiger partial charge in [0.25, 0.3) is 0 Å². The lowest BCUT2D eigenvalue weighted by molar-refractivity contribution is 0.398. The summed E-state index contributed by atoms with van der Waals surface area (Å²) in [6, 6.07) is 13.8. The molecule has 0 aliphatic heterocycles. The van der Waals surface area contributed by atoms with Crippen LogP contribution >= 0.6 is 0 Å². The Morgan fingerprint density at radius 3 is 2.79 bits per heavy atom. The van der Waals surface area contributed by atoms with Crippen molar-refractivity contribution in [3.8, 4) is 17.0 Å². The Morgan fingerprint density at radius 2 is 1.93 bits per heavy atom. The molecule has 5 rings (SSSR count). The third-order valence-electron chi connectivity index (χ3n) is 4.61. The van der Waals surface area contributed by atoms with Gasteiger partial charge < -0.3 is 15.0 Å². The maximum atomic E-state index is 5.11. The molecule has 2 N–H and O–H groups in total. The third kappa shape index (κ3) is 2.79. The molecule has 4 heterocycles. The van der Waals surface area contributed by atoms with Gasteiger partial charge in [0.1, 0.15) is 17.8 Å². The van der Waals surface area contributed by atoms with E-state index in [-0.39, 0.29) is 0 Å². The molecule has 0 amide bonds. The van der Waals surface area contributed by atoms with Crippen LogP contribution in [0.1, 0.15) is 0 Å². The average Bonchev–Trinajstić information content (AvgIpc) is 3.18. The normalized spacial score (nSPS) is 11.0. The van der Waals surface area contributed by atoms with E-state index in [9.17, 15) is 0 Å². The van der Waals surface area contributed by atoms with E-state index in [1.54, 1.807) is 31.9 Å². The minimum absolute atomic E-state index is 0.563. The number of hydrogen-bond donors (Lipinski definition) is 2. The zero-order valence-corrected chi connectivity index (χ0v) is 15.0. The van der Waals surface area contributed by atoms with Crippen molar-refractivity contribution < 1.29 is 4.74 Å². The average molecular weight is 368 g/mol. The Hall–Kier alpha value is -4.00. The number of aromatic nitrogens is 5. The number of methoxy groups -OCH3 is 1. The standard InChI is InChI=1S/C21H16N6O/c1-28-19-7-5-14(10-23-19)27-21-16-9-13(4-6-18(16)25-12-26-21)17-11-24-20-15(17)3-2-8-22-20/h2-12H,1H3,(H,22,24)(H,25,26,27). The Labute approximate surface area is 160 Å². The van der Waals surface area contributed by atoms with Crippen molar-refractivity contribution in [2.75, 3.05) is 12.4 Å². The Balaban J connectivity index is 1.59. The molecule has 1 aromatic carbocycles. The monoisotopic (exact) mass is 368 g/mol. The van der Waals surface area contributed by atoms with E-state index in [0.29, 0.717) is 5.88 Å². The number of pyridine rings is 2. The summed E-state index contributed by atoms with van der Waals surface area (Å²) in [4.78, 5) is 20.6. The van der Waals surface area contributed by atoms with Crippen LogP contribution < -0.4 is 10.1 Å². The molecule has 0 radical (unpaired) electrons. The molecule has 0 unspecified atom stereocenters. The molecule has 0 atom stereocenters. The lowest BCUT2D eigenvalue weighted by atomic mass is 10.0. The van der Waals surface area contributed by atoms with Gasteiger partial charge in [-0.05, 0) is 35.9 Å². The fourth-order valence-corrected chi connectivity index (χ4v) is 3.23. The SMILES string of the molecule is COc1ccc(Nc2ncnc3ccc(-c4c[nH]c5ncccc45)cc23)cn1. The summed E-state index contributed by atoms with van der Waals surface area (Å²) in [7, 11) is 1.59. The van der Waals surface area contributed by atoms with Gasteiger partial charge in [0, 0.05) is 34.8 Å². The Bertz CT molecular complexity index is 1280. The van der Waals surface area contributed by atoms with E-state index in [1.807, 2.05) is 24.4 Å². The van der Waals surface area contributed by atoms with Crippen molar-refractivity contribution in [1.29, 1.82) is 0 Å². The number of hydrogen-bond acceptors (Lipinski definition) is 6. The van der Waals surface area contributed by atoms with E-state index in [4.69, 9.17) is 4.74 Å². The number of ether oxygens (including phenoxy) is 1. The topological polar surface area (TPSA) is 88.6 Å². The number of nitrogens with zero attached hydrogens (tertiary/aromatic N) is 4. The Morgan fingerprint density at radius 1 is 0.964 bits per heavy atom. The maximum Gasteiger partial charge on any atom is 0.213 e. The van der Waals surface area contributed by atoms with E-state index in [1.165, 1.54) is 0 Å². The van der Waals surface area contributed by atoms with Crippen molar-refractivity contribution in [1.82, 2.24) is 24.9 Å². The highest BCUT2D eigenvalue weighted by molar-refractivity contribution is 5.99. The fraction of sp³-hybridized carbons (Fsp3) is 0.0476. The molecule has 7 heteroatoms. The fourth-order valence-electron chi connectivity index (χ4n) is 3.23. The molecule has 0 aliphatic carbocycles. The van der Waals surface area contributed by atoms with E-state index >= 15 is 0 Å². The molecule has 4 aromatic heterocycles. The lowest BCUT2D eigenvalue weighted by Crippen LogP contribution is -1.97. The van der Waals surface area contributed by atoms with Gasteiger partial charge in [0.05, 0.1) is 24.5 Å². The van der Waals surface area contributed by atoms with Crippen LogP contribution in [0, 0.1) is 0 Å². The number of rotatable bonds is 4. The summed E-state index contributed by atoms with van der Waals surface area (Å²) < 4.78 is 5.11. The quantitative estimate of drug-likeness (QED) is 0.491. The predicted octanol–water partition coefficient (Wildman–Crippen LogP) is 4.32. The van der Waals surface area contributed by atoms with Crippen LogP contribution in [0.2, 0.25) is 0 Å². The number of benzene rings is 1. The predicted molar refractivity (Wildman–Crippen MR) is 109 cm³/mol. The van der Waals surface area contributed by atoms with Gasteiger partial charge in [-0.15, -0.1) is 0 Å². The largest absolute Gasteiger partial charge is 0.481 e. The summed E-state index contributed by atoms with van der Waals surface area (Å²) in [6.07, 6.45) is 7.02. The number of nitrogens with one attached hydrogen (secondary N) is 2. The van der Waals surface area contributed by atoms with Crippen molar-refractivity contribution >= 4 is 33.4 Å². The molecule has 0 spiro atoms. The van der Waals surface area contributed by atoms with Crippen molar-refractivity contribution in [3.63, 3.8) is 0 Å². The molecule has 0 fully saturated rings. The molecule has 5 aromatic rings. The molecule has 0 aliphatic rings. The molecular formula is C21H16N6O. The summed E-state index contributed by atoms with van der Waals surface area (Å²) >= 11 is 0. The highest BCUT2D eigenvalue weighted by Crippen LogP contribution is 2.32. The first-order chi connectivity index (χ1) is 13.8. The maximum absolute atomic E-state index is 5.11. The van der Waals surface area contributed by atoms with Crippen LogP contribution in [0.4, 0.5) is 11.5 Å². The zero-order chi connectivity index (χ0) is 18.9. The number of anilines is 2. The second-order valence-corrected chi connectivity index (χ2v) is 6.27. The van der Waals surface area contributed by atoms with Gasteiger partial charge in [0.2, 0.25) is 5.88 Å². The Kier molecular flexibility index (Phi) is 3.83. The second kappa shape index (κ2) is 6.62. The smallest absolute Gasteiger partial charge is 0.213 e. The molecular weight excluding hydrogens is 352 g/mol. The lowest BCUT2D eigenvalue weighted by Gasteiger charge is -2.10. The molecule has 28 heavy (non-hydrogen) atoms. The van der Waals surface area contributed by atoms with Crippen molar-refractivity contribution in [3.05, 3.63) is 67.4 Å². The van der Waals surface area contributed by atoms with Gasteiger partial charge in [-0.3, -0.25) is 0 Å². The van der Waals surface area contributed by atoms with Gasteiger partial charge in [-0.25, -0.2) is 19.9 Å². The van der Waals surface area contributed by atoms with Crippen LogP contribution in [0.5, 0.6) is 5.88 Å². The highest BCUT2D eigenvalue weighted by atomic mass is 16.5. The van der Waals surface area contributed by atoms with E-state index in [0.717, 1.165) is 44.6 Å². The molecule has 136 valence electrons. The molecule has 7 nitrogen and oxygen atoms in total. The van der Waals surface area contributed by atoms with Gasteiger partial charge in [0.15, 0.2) is 0 Å². The third-order valence-corrected chi connectivity index (χ3v) is 4.61. The minimum atomic E-state index is 0.563. The van der Waals surface area contributed by atoms with Gasteiger partial charge in [-0.2, -0.15) is 0 Å².